The molecule has 0 saturated carbocycles. The number of aromatic nitrogens is 2. The predicted molar refractivity (Wildman–Crippen MR) is 112 cm³/mol. The van der Waals surface area contributed by atoms with Crippen molar-refractivity contribution >= 4 is 16.8 Å². The Morgan fingerprint density at radius 2 is 1.74 bits per heavy atom. The molecule has 182 valence electrons. The summed E-state index contributed by atoms with van der Waals surface area (Å²) in [4.78, 5) is 20.8. The number of hydrogen-bond donors (Lipinski definition) is 1. The molecule has 2 heterocycles. The minimum Gasteiger partial charge on any atom is -0.483 e. The van der Waals surface area contributed by atoms with Gasteiger partial charge in [-0.2, -0.15) is 26.3 Å². The van der Waals surface area contributed by atoms with E-state index >= 15 is 0 Å². The van der Waals surface area contributed by atoms with Gasteiger partial charge in [0.05, 0.1) is 29.1 Å². The fourth-order valence-corrected chi connectivity index (χ4v) is 3.01. The number of rotatable bonds is 6. The van der Waals surface area contributed by atoms with E-state index in [4.69, 9.17) is 0 Å². The van der Waals surface area contributed by atoms with Crippen molar-refractivity contribution in [2.75, 3.05) is 6.61 Å². The van der Waals surface area contributed by atoms with Gasteiger partial charge in [0.2, 0.25) is 0 Å². The fourth-order valence-electron chi connectivity index (χ4n) is 3.01. The average molecular weight is 485 g/mol. The Bertz CT molecular complexity index is 1170. The highest BCUT2D eigenvalue weighted by Crippen LogP contribution is 2.40. The summed E-state index contributed by atoms with van der Waals surface area (Å²) in [6.07, 6.45) is -7.81. The van der Waals surface area contributed by atoms with Crippen molar-refractivity contribution in [1.29, 1.82) is 0 Å². The summed E-state index contributed by atoms with van der Waals surface area (Å²) in [6, 6.07) is 9.37. The van der Waals surface area contributed by atoms with Crippen LogP contribution >= 0.6 is 0 Å². The molecule has 3 aromatic rings. The maximum Gasteiger partial charge on any atom is 0.422 e. The number of pyridine rings is 2. The highest BCUT2D eigenvalue weighted by molar-refractivity contribution is 5.98. The molecule has 1 unspecified atom stereocenters. The van der Waals surface area contributed by atoms with Crippen LogP contribution in [0.2, 0.25) is 0 Å². The molecule has 0 spiro atoms. The van der Waals surface area contributed by atoms with E-state index in [9.17, 15) is 31.1 Å². The molecule has 0 aliphatic rings. The molecule has 1 atom stereocenters. The molecule has 0 bridgehead atoms. The first kappa shape index (κ1) is 25.3. The number of carbonyl (C=O) groups excluding carboxylic acids is 1. The zero-order valence-electron chi connectivity index (χ0n) is 18.4. The Morgan fingerprint density at radius 3 is 2.32 bits per heavy atom. The van der Waals surface area contributed by atoms with Crippen molar-refractivity contribution in [3.63, 3.8) is 0 Å². The number of halogens is 6. The number of carbonyl (C=O) groups is 1. The van der Waals surface area contributed by atoms with E-state index < -0.39 is 36.3 Å². The molecule has 3 rings (SSSR count). The zero-order chi connectivity index (χ0) is 25.3. The number of fused-ring (bicyclic) bond motifs is 1. The van der Waals surface area contributed by atoms with Crippen molar-refractivity contribution < 1.29 is 35.9 Å². The molecule has 1 aromatic carbocycles. The summed E-state index contributed by atoms with van der Waals surface area (Å²) >= 11 is 0. The quantitative estimate of drug-likeness (QED) is 0.442. The summed E-state index contributed by atoms with van der Waals surface area (Å²) in [6.45, 7) is 2.30. The third-order valence-electron chi connectivity index (χ3n) is 5.25. The minimum absolute atomic E-state index is 0.0605. The fraction of sp³-hybridized carbons (Fsp3) is 0.348. The van der Waals surface area contributed by atoms with Gasteiger partial charge in [-0.3, -0.25) is 14.8 Å². The van der Waals surface area contributed by atoms with E-state index in [1.54, 1.807) is 6.92 Å². The average Bonchev–Trinajstić information content (AvgIpc) is 2.76. The monoisotopic (exact) mass is 485 g/mol. The van der Waals surface area contributed by atoms with E-state index in [2.05, 4.69) is 20.0 Å². The number of ether oxygens (including phenoxy) is 1. The molecule has 34 heavy (non-hydrogen) atoms. The second-order valence-electron chi connectivity index (χ2n) is 8.24. The SMILES string of the molecule is CC(NC(=O)c1ccc2nc(C(C)(C)C(F)(F)F)ccc2c1)c1ccc(OCC(F)(F)F)cn1. The Kier molecular flexibility index (Phi) is 6.77. The number of alkyl halides is 6. The van der Waals surface area contributed by atoms with Gasteiger partial charge in [-0.15, -0.1) is 0 Å². The summed E-state index contributed by atoms with van der Waals surface area (Å²) in [5.74, 6) is -0.525. The summed E-state index contributed by atoms with van der Waals surface area (Å²) in [5.41, 5.74) is -1.29. The highest BCUT2D eigenvalue weighted by Gasteiger charge is 2.49. The van der Waals surface area contributed by atoms with Crippen LogP contribution in [0.3, 0.4) is 0 Å². The maximum absolute atomic E-state index is 13.3. The summed E-state index contributed by atoms with van der Waals surface area (Å²) in [7, 11) is 0. The molecule has 2 aromatic heterocycles. The number of benzene rings is 1. The van der Waals surface area contributed by atoms with E-state index in [1.165, 1.54) is 42.5 Å². The van der Waals surface area contributed by atoms with Crippen LogP contribution in [-0.2, 0) is 5.41 Å². The number of nitrogens with one attached hydrogen (secondary N) is 1. The van der Waals surface area contributed by atoms with Gasteiger partial charge in [0, 0.05) is 10.9 Å². The predicted octanol–water partition coefficient (Wildman–Crippen LogP) is 5.90. The minimum atomic E-state index is -4.47. The van der Waals surface area contributed by atoms with Crippen molar-refractivity contribution in [2.24, 2.45) is 0 Å². The topological polar surface area (TPSA) is 64.1 Å². The van der Waals surface area contributed by atoms with Crippen LogP contribution in [0.1, 0.15) is 48.6 Å². The Labute approximate surface area is 191 Å². The highest BCUT2D eigenvalue weighted by atomic mass is 19.4. The second kappa shape index (κ2) is 9.11. The third-order valence-corrected chi connectivity index (χ3v) is 5.25. The molecule has 0 saturated heterocycles. The van der Waals surface area contributed by atoms with E-state index in [-0.39, 0.29) is 17.0 Å². The van der Waals surface area contributed by atoms with Crippen LogP contribution in [0.5, 0.6) is 5.75 Å². The van der Waals surface area contributed by atoms with Gasteiger partial charge in [-0.1, -0.05) is 6.07 Å². The molecule has 0 fully saturated rings. The van der Waals surface area contributed by atoms with Crippen molar-refractivity contribution in [3.05, 3.63) is 65.6 Å². The maximum atomic E-state index is 13.3. The van der Waals surface area contributed by atoms with Crippen molar-refractivity contribution in [3.8, 4) is 5.75 Å². The first-order valence-electron chi connectivity index (χ1n) is 10.1. The summed E-state index contributed by atoms with van der Waals surface area (Å²) in [5, 5.41) is 3.21. The lowest BCUT2D eigenvalue weighted by Gasteiger charge is -2.27. The molecule has 1 amide bonds. The lowest BCUT2D eigenvalue weighted by molar-refractivity contribution is -0.181. The number of nitrogens with zero attached hydrogens (tertiary/aromatic N) is 2. The summed E-state index contributed by atoms with van der Waals surface area (Å²) < 4.78 is 81.2. The van der Waals surface area contributed by atoms with Gasteiger partial charge in [-0.25, -0.2) is 0 Å². The Hall–Kier alpha value is -3.37. The van der Waals surface area contributed by atoms with Crippen LogP contribution in [0, 0.1) is 0 Å². The number of hydrogen-bond acceptors (Lipinski definition) is 4. The second-order valence-corrected chi connectivity index (χ2v) is 8.24. The molecule has 0 aliphatic heterocycles. The van der Waals surface area contributed by atoms with Crippen LogP contribution in [0.25, 0.3) is 10.9 Å². The van der Waals surface area contributed by atoms with E-state index in [0.717, 1.165) is 20.0 Å². The van der Waals surface area contributed by atoms with Gasteiger partial charge >= 0.3 is 12.4 Å². The molecule has 0 radical (unpaired) electrons. The van der Waals surface area contributed by atoms with E-state index in [1.807, 2.05) is 0 Å². The van der Waals surface area contributed by atoms with Crippen molar-refractivity contribution in [1.82, 2.24) is 15.3 Å². The third kappa shape index (κ3) is 5.75. The number of amides is 1. The van der Waals surface area contributed by atoms with Crippen LogP contribution in [0.15, 0.2) is 48.7 Å². The normalized spacial score (nSPS) is 13.6. The Balaban J connectivity index is 1.71. The van der Waals surface area contributed by atoms with Gasteiger partial charge in [0.1, 0.15) is 11.2 Å². The lowest BCUT2D eigenvalue weighted by atomic mass is 9.87. The first-order valence-corrected chi connectivity index (χ1v) is 10.1. The molecule has 1 N–H and O–H groups in total. The smallest absolute Gasteiger partial charge is 0.422 e. The molecule has 0 aliphatic carbocycles. The van der Waals surface area contributed by atoms with Gasteiger partial charge in [0.25, 0.3) is 5.91 Å². The molecule has 11 heteroatoms. The largest absolute Gasteiger partial charge is 0.483 e. The molecule has 5 nitrogen and oxygen atoms in total. The standard InChI is InChI=1S/C23H21F6N3O2/c1-13(17-8-6-16(11-30-17)34-12-22(24,25)26)31-20(33)15-4-7-18-14(10-15)5-9-19(32-18)21(2,3)23(27,28)29/h4-11,13H,12H2,1-3H3,(H,31,33). The van der Waals surface area contributed by atoms with Gasteiger partial charge in [0.15, 0.2) is 6.61 Å². The van der Waals surface area contributed by atoms with E-state index in [0.29, 0.717) is 16.6 Å². The van der Waals surface area contributed by atoms with Crippen LogP contribution in [0.4, 0.5) is 26.3 Å². The van der Waals surface area contributed by atoms with Gasteiger partial charge < -0.3 is 10.1 Å². The van der Waals surface area contributed by atoms with Crippen molar-refractivity contribution in [2.45, 2.75) is 44.6 Å². The zero-order valence-corrected chi connectivity index (χ0v) is 18.4. The molecular weight excluding hydrogens is 464 g/mol. The molecular formula is C23H21F6N3O2. The van der Waals surface area contributed by atoms with Crippen LogP contribution in [-0.4, -0.2) is 34.8 Å². The lowest BCUT2D eigenvalue weighted by Crippen LogP contribution is -2.37. The first-order chi connectivity index (χ1) is 15.7. The van der Waals surface area contributed by atoms with Gasteiger partial charge in [-0.05, 0) is 57.2 Å². The Morgan fingerprint density at radius 1 is 1.03 bits per heavy atom. The van der Waals surface area contributed by atoms with Crippen LogP contribution < -0.4 is 10.1 Å².